The summed E-state index contributed by atoms with van der Waals surface area (Å²) in [6.07, 6.45) is 0.761. The molecule has 0 aliphatic heterocycles. The normalized spacial score (nSPS) is 27.1. The summed E-state index contributed by atoms with van der Waals surface area (Å²) in [5.74, 6) is -0.885. The van der Waals surface area contributed by atoms with Gasteiger partial charge >= 0.3 is 5.97 Å². The molecule has 18 heavy (non-hydrogen) atoms. The van der Waals surface area contributed by atoms with Crippen LogP contribution in [-0.4, -0.2) is 11.1 Å². The fraction of sp³-hybridized carbons (Fsp3) is 0.562. The molecule has 0 bridgehead atoms. The number of hydrogen-bond acceptors (Lipinski definition) is 1. The third-order valence-electron chi connectivity index (χ3n) is 4.25. The van der Waals surface area contributed by atoms with Crippen LogP contribution in [0.2, 0.25) is 0 Å². The van der Waals surface area contributed by atoms with Crippen molar-refractivity contribution in [2.24, 2.45) is 5.92 Å². The zero-order chi connectivity index (χ0) is 13.7. The van der Waals surface area contributed by atoms with Crippen molar-refractivity contribution >= 4 is 5.97 Å². The highest BCUT2D eigenvalue weighted by Crippen LogP contribution is 2.55. The quantitative estimate of drug-likeness (QED) is 0.864. The Balaban J connectivity index is 2.43. The van der Waals surface area contributed by atoms with Gasteiger partial charge in [0.05, 0.1) is 5.92 Å². The monoisotopic (exact) mass is 246 g/mol. The van der Waals surface area contributed by atoms with Crippen molar-refractivity contribution in [2.75, 3.05) is 0 Å². The standard InChI is InChI=1S/C16H22O2/c1-10-6-7-11(15(2,3)4)8-12(10)16(5)9-13(16)14(17)18/h6-8,13H,9H2,1-5H3,(H,17,18). The van der Waals surface area contributed by atoms with Gasteiger partial charge < -0.3 is 5.11 Å². The van der Waals surface area contributed by atoms with Crippen LogP contribution in [0, 0.1) is 12.8 Å². The van der Waals surface area contributed by atoms with Crippen LogP contribution < -0.4 is 0 Å². The maximum atomic E-state index is 11.1. The lowest BCUT2D eigenvalue weighted by molar-refractivity contribution is -0.138. The molecule has 1 N–H and O–H groups in total. The molecule has 0 aromatic heterocycles. The Hall–Kier alpha value is -1.31. The number of aryl methyl sites for hydroxylation is 1. The second-order valence-corrected chi connectivity index (χ2v) is 6.79. The number of carbonyl (C=O) groups is 1. The van der Waals surface area contributed by atoms with Crippen LogP contribution in [-0.2, 0) is 15.6 Å². The van der Waals surface area contributed by atoms with E-state index in [-0.39, 0.29) is 16.7 Å². The predicted octanol–water partition coefficient (Wildman–Crippen LogP) is 3.65. The Morgan fingerprint density at radius 3 is 2.44 bits per heavy atom. The van der Waals surface area contributed by atoms with Gasteiger partial charge in [-0.05, 0) is 35.4 Å². The SMILES string of the molecule is Cc1ccc(C(C)(C)C)cc1C1(C)CC1C(=O)O. The van der Waals surface area contributed by atoms with Crippen LogP contribution in [0.15, 0.2) is 18.2 Å². The van der Waals surface area contributed by atoms with Crippen molar-refractivity contribution in [3.05, 3.63) is 34.9 Å². The third kappa shape index (κ3) is 2.05. The molecule has 0 amide bonds. The molecule has 0 spiro atoms. The molecule has 1 aliphatic rings. The molecule has 2 atom stereocenters. The summed E-state index contributed by atoms with van der Waals surface area (Å²) in [4.78, 5) is 11.1. The van der Waals surface area contributed by atoms with Crippen molar-refractivity contribution in [3.63, 3.8) is 0 Å². The first kappa shape index (κ1) is 13.1. The fourth-order valence-corrected chi connectivity index (χ4v) is 2.73. The van der Waals surface area contributed by atoms with E-state index in [0.717, 1.165) is 6.42 Å². The Kier molecular flexibility index (Phi) is 2.80. The summed E-state index contributed by atoms with van der Waals surface area (Å²) in [6, 6.07) is 6.48. The molecular formula is C16H22O2. The van der Waals surface area contributed by atoms with Gasteiger partial charge in [0, 0.05) is 5.41 Å². The Morgan fingerprint density at radius 2 is 2.00 bits per heavy atom. The lowest BCUT2D eigenvalue weighted by Gasteiger charge is -2.23. The molecular weight excluding hydrogens is 224 g/mol. The van der Waals surface area contributed by atoms with Gasteiger partial charge in [-0.25, -0.2) is 0 Å². The van der Waals surface area contributed by atoms with E-state index in [2.05, 4.69) is 52.8 Å². The first-order chi connectivity index (χ1) is 8.16. The average Bonchev–Trinajstić information content (AvgIpc) is 2.91. The molecule has 0 radical (unpaired) electrons. The Bertz CT molecular complexity index is 496. The number of aliphatic carboxylic acids is 1. The van der Waals surface area contributed by atoms with E-state index in [0.29, 0.717) is 0 Å². The first-order valence-corrected chi connectivity index (χ1v) is 6.50. The van der Waals surface area contributed by atoms with E-state index in [1.807, 2.05) is 0 Å². The van der Waals surface area contributed by atoms with E-state index in [4.69, 9.17) is 0 Å². The van der Waals surface area contributed by atoms with Crippen LogP contribution in [0.4, 0.5) is 0 Å². The van der Waals surface area contributed by atoms with Crippen molar-refractivity contribution in [1.82, 2.24) is 0 Å². The first-order valence-electron chi connectivity index (χ1n) is 6.50. The summed E-state index contributed by atoms with van der Waals surface area (Å²) in [7, 11) is 0. The lowest BCUT2D eigenvalue weighted by Crippen LogP contribution is -2.16. The Morgan fingerprint density at radius 1 is 1.39 bits per heavy atom. The summed E-state index contributed by atoms with van der Waals surface area (Å²) in [6.45, 7) is 10.7. The Labute approximate surface area is 109 Å². The summed E-state index contributed by atoms with van der Waals surface area (Å²) < 4.78 is 0. The number of rotatable bonds is 2. The predicted molar refractivity (Wildman–Crippen MR) is 73.0 cm³/mol. The van der Waals surface area contributed by atoms with E-state index in [1.54, 1.807) is 0 Å². The molecule has 1 aromatic carbocycles. The number of carboxylic acids is 1. The van der Waals surface area contributed by atoms with Gasteiger partial charge in [-0.15, -0.1) is 0 Å². The van der Waals surface area contributed by atoms with Gasteiger partial charge in [0.25, 0.3) is 0 Å². The number of hydrogen-bond donors (Lipinski definition) is 1. The minimum absolute atomic E-state index is 0.104. The number of benzene rings is 1. The summed E-state index contributed by atoms with van der Waals surface area (Å²) in [5, 5.41) is 9.17. The zero-order valence-corrected chi connectivity index (χ0v) is 11.9. The van der Waals surface area contributed by atoms with Crippen molar-refractivity contribution in [3.8, 4) is 0 Å². The van der Waals surface area contributed by atoms with Crippen molar-refractivity contribution < 1.29 is 9.90 Å². The highest BCUT2D eigenvalue weighted by atomic mass is 16.4. The molecule has 1 aliphatic carbocycles. The van der Waals surface area contributed by atoms with E-state index in [9.17, 15) is 9.90 Å². The molecule has 98 valence electrons. The largest absolute Gasteiger partial charge is 0.481 e. The van der Waals surface area contributed by atoms with Crippen LogP contribution >= 0.6 is 0 Å². The maximum absolute atomic E-state index is 11.1. The minimum atomic E-state index is -0.668. The second-order valence-electron chi connectivity index (χ2n) is 6.79. The molecule has 2 rings (SSSR count). The molecule has 1 aromatic rings. The van der Waals surface area contributed by atoms with Crippen LogP contribution in [0.5, 0.6) is 0 Å². The molecule has 2 heteroatoms. The molecule has 0 heterocycles. The molecule has 1 fully saturated rings. The summed E-state index contributed by atoms with van der Waals surface area (Å²) in [5.41, 5.74) is 3.63. The smallest absolute Gasteiger partial charge is 0.307 e. The van der Waals surface area contributed by atoms with Crippen LogP contribution in [0.1, 0.15) is 50.8 Å². The molecule has 1 saturated carbocycles. The fourth-order valence-electron chi connectivity index (χ4n) is 2.73. The van der Waals surface area contributed by atoms with Gasteiger partial charge in [-0.1, -0.05) is 45.9 Å². The number of carboxylic acid groups (broad SMARTS) is 1. The van der Waals surface area contributed by atoms with Gasteiger partial charge in [-0.2, -0.15) is 0 Å². The van der Waals surface area contributed by atoms with Gasteiger partial charge in [0.15, 0.2) is 0 Å². The topological polar surface area (TPSA) is 37.3 Å². The van der Waals surface area contributed by atoms with E-state index >= 15 is 0 Å². The van der Waals surface area contributed by atoms with Gasteiger partial charge in [0.2, 0.25) is 0 Å². The molecule has 2 nitrogen and oxygen atoms in total. The maximum Gasteiger partial charge on any atom is 0.307 e. The highest BCUT2D eigenvalue weighted by Gasteiger charge is 2.56. The molecule has 2 unspecified atom stereocenters. The van der Waals surface area contributed by atoms with Crippen LogP contribution in [0.25, 0.3) is 0 Å². The van der Waals surface area contributed by atoms with Crippen molar-refractivity contribution in [1.29, 1.82) is 0 Å². The van der Waals surface area contributed by atoms with Gasteiger partial charge in [-0.3, -0.25) is 4.79 Å². The van der Waals surface area contributed by atoms with Gasteiger partial charge in [0.1, 0.15) is 0 Å². The average molecular weight is 246 g/mol. The second kappa shape index (κ2) is 3.84. The molecule has 0 saturated heterocycles. The third-order valence-corrected chi connectivity index (χ3v) is 4.25. The lowest BCUT2D eigenvalue weighted by atomic mass is 9.82. The van der Waals surface area contributed by atoms with E-state index < -0.39 is 5.97 Å². The zero-order valence-electron chi connectivity index (χ0n) is 11.9. The van der Waals surface area contributed by atoms with Crippen molar-refractivity contribution in [2.45, 2.75) is 51.9 Å². The highest BCUT2D eigenvalue weighted by molar-refractivity contribution is 5.77. The summed E-state index contributed by atoms with van der Waals surface area (Å²) >= 11 is 0. The van der Waals surface area contributed by atoms with E-state index in [1.165, 1.54) is 16.7 Å². The van der Waals surface area contributed by atoms with Crippen LogP contribution in [0.3, 0.4) is 0 Å². The minimum Gasteiger partial charge on any atom is -0.481 e.